The molecule has 59 heavy (non-hydrogen) atoms. The van der Waals surface area contributed by atoms with E-state index < -0.39 is 5.41 Å². The number of para-hydroxylation sites is 4. The molecule has 0 amide bonds. The Morgan fingerprint density at radius 3 is 1.75 bits per heavy atom. The summed E-state index contributed by atoms with van der Waals surface area (Å²) in [5.74, 6) is 0.927. The van der Waals surface area contributed by atoms with Gasteiger partial charge in [-0.2, -0.15) is 0 Å². The summed E-state index contributed by atoms with van der Waals surface area (Å²) in [4.78, 5) is 14.5. The van der Waals surface area contributed by atoms with Gasteiger partial charge in [0.1, 0.15) is 5.82 Å². The van der Waals surface area contributed by atoms with Crippen LogP contribution in [0.1, 0.15) is 22.3 Å². The number of fused-ring (bicyclic) bond motifs is 8. The summed E-state index contributed by atoms with van der Waals surface area (Å²) in [6.07, 6.45) is 7.77. The lowest BCUT2D eigenvalue weighted by Gasteiger charge is -2.33. The third kappa shape index (κ3) is 4.88. The van der Waals surface area contributed by atoms with Crippen LogP contribution in [0.2, 0.25) is 0 Å². The van der Waals surface area contributed by atoms with Gasteiger partial charge in [-0.05, 0) is 105 Å². The maximum Gasteiger partial charge on any atom is 0.145 e. The molecule has 0 spiro atoms. The van der Waals surface area contributed by atoms with Gasteiger partial charge in [0.15, 0.2) is 0 Å². The van der Waals surface area contributed by atoms with Crippen LogP contribution in [-0.4, -0.2) is 24.1 Å². The summed E-state index contributed by atoms with van der Waals surface area (Å²) >= 11 is 0. The molecule has 1 aliphatic carbocycles. The van der Waals surface area contributed by atoms with E-state index in [1.165, 1.54) is 33.0 Å². The minimum atomic E-state index is -0.621. The highest BCUT2D eigenvalue weighted by Crippen LogP contribution is 2.59. The van der Waals surface area contributed by atoms with E-state index in [1.54, 1.807) is 0 Å². The van der Waals surface area contributed by atoms with Crippen molar-refractivity contribution in [3.63, 3.8) is 0 Å². The van der Waals surface area contributed by atoms with Gasteiger partial charge in [-0.25, -0.2) is 4.98 Å². The first-order valence-corrected chi connectivity index (χ1v) is 20.0. The Morgan fingerprint density at radius 1 is 0.407 bits per heavy atom. The van der Waals surface area contributed by atoms with E-state index in [1.807, 2.05) is 49.1 Å². The van der Waals surface area contributed by atoms with Crippen molar-refractivity contribution in [2.45, 2.75) is 5.41 Å². The highest BCUT2D eigenvalue weighted by atomic mass is 15.1. The molecule has 0 aliphatic heterocycles. The first-order valence-electron chi connectivity index (χ1n) is 20.0. The summed E-state index contributed by atoms with van der Waals surface area (Å²) in [6, 6.07) is 67.4. The largest absolute Gasteiger partial charge is 0.309 e. The Bertz CT molecular complexity index is 3310. The van der Waals surface area contributed by atoms with E-state index in [0.29, 0.717) is 0 Å². The minimum Gasteiger partial charge on any atom is -0.309 e. The van der Waals surface area contributed by atoms with Crippen LogP contribution in [0, 0.1) is 0 Å². The lowest BCUT2D eigenvalue weighted by molar-refractivity contribution is 0.764. The van der Waals surface area contributed by atoms with Crippen LogP contribution in [0.25, 0.3) is 77.9 Å². The Hall–Kier alpha value is -7.89. The van der Waals surface area contributed by atoms with Gasteiger partial charge in [-0.3, -0.25) is 14.5 Å². The third-order valence-electron chi connectivity index (χ3n) is 12.2. The zero-order valence-corrected chi connectivity index (χ0v) is 31.9. The molecule has 5 nitrogen and oxygen atoms in total. The number of hydrogen-bond acceptors (Lipinski definition) is 3. The molecule has 0 atom stereocenters. The van der Waals surface area contributed by atoms with Gasteiger partial charge in [0, 0.05) is 52.5 Å². The van der Waals surface area contributed by atoms with Crippen molar-refractivity contribution in [2.75, 3.05) is 0 Å². The number of rotatable bonds is 6. The minimum absolute atomic E-state index is 0.621. The van der Waals surface area contributed by atoms with Crippen molar-refractivity contribution >= 4 is 32.8 Å². The summed E-state index contributed by atoms with van der Waals surface area (Å²) < 4.78 is 4.67. The number of hydrogen-bond donors (Lipinski definition) is 0. The van der Waals surface area contributed by atoms with Crippen molar-refractivity contribution in [1.82, 2.24) is 24.1 Å². The predicted octanol–water partition coefficient (Wildman–Crippen LogP) is 12.6. The molecule has 5 heteroatoms. The van der Waals surface area contributed by atoms with E-state index in [4.69, 9.17) is 4.98 Å². The second kappa shape index (κ2) is 13.1. The van der Waals surface area contributed by atoms with Crippen molar-refractivity contribution in [1.29, 1.82) is 0 Å². The van der Waals surface area contributed by atoms with Crippen LogP contribution in [0.5, 0.6) is 0 Å². The van der Waals surface area contributed by atoms with Crippen LogP contribution in [0.3, 0.4) is 0 Å². The Labute approximate surface area is 341 Å². The fourth-order valence-electron chi connectivity index (χ4n) is 9.74. The van der Waals surface area contributed by atoms with Gasteiger partial charge in [0.05, 0.1) is 27.5 Å². The van der Waals surface area contributed by atoms with E-state index in [2.05, 4.69) is 183 Å². The van der Waals surface area contributed by atoms with Crippen molar-refractivity contribution in [2.24, 2.45) is 0 Å². The molecule has 0 N–H and O–H groups in total. The first kappa shape index (κ1) is 33.3. The van der Waals surface area contributed by atoms with Gasteiger partial charge >= 0.3 is 0 Å². The second-order valence-electron chi connectivity index (χ2n) is 15.2. The zero-order valence-electron chi connectivity index (χ0n) is 31.9. The molecule has 0 fully saturated rings. The number of benzene rings is 7. The quantitative estimate of drug-likeness (QED) is 0.170. The average molecular weight is 754 g/mol. The first-order chi connectivity index (χ1) is 29.3. The molecule has 0 unspecified atom stereocenters. The second-order valence-corrected chi connectivity index (χ2v) is 15.2. The van der Waals surface area contributed by atoms with E-state index >= 15 is 0 Å². The molecule has 4 aromatic heterocycles. The Balaban J connectivity index is 1.00. The predicted molar refractivity (Wildman–Crippen MR) is 239 cm³/mol. The molecule has 7 aromatic carbocycles. The molecule has 1 aliphatic rings. The average Bonchev–Trinajstić information content (AvgIpc) is 3.97. The lowest BCUT2D eigenvalue weighted by atomic mass is 9.67. The van der Waals surface area contributed by atoms with Gasteiger partial charge in [-0.15, -0.1) is 0 Å². The van der Waals surface area contributed by atoms with Gasteiger partial charge in [0.25, 0.3) is 0 Å². The lowest BCUT2D eigenvalue weighted by Crippen LogP contribution is -2.29. The molecule has 11 aromatic rings. The molecule has 0 saturated heterocycles. The molecule has 0 bridgehead atoms. The summed E-state index contributed by atoms with van der Waals surface area (Å²) in [5.41, 5.74) is 16.6. The highest BCUT2D eigenvalue weighted by Gasteiger charge is 2.48. The Kier molecular flexibility index (Phi) is 7.38. The van der Waals surface area contributed by atoms with Crippen LogP contribution in [0.15, 0.2) is 213 Å². The standard InChI is InChI=1S/C54H35N5/c1-2-14-41(15-3-1)59-49-21-9-7-19-47(49)57-53(59)38-24-22-36(23-25-38)37-26-28-42(29-27-37)58-48-20-8-5-17-45(48)51-50(58)31-30-44-43-16-4-6-18-46(43)54(52(44)51,39-12-10-32-55-34-39)40-13-11-33-56-35-40/h1-35H. The maximum absolute atomic E-state index is 5.08. The molecule has 276 valence electrons. The molecule has 0 saturated carbocycles. The monoisotopic (exact) mass is 753 g/mol. The molecule has 4 heterocycles. The SMILES string of the molecule is c1ccc(-n2c(-c3ccc(-c4ccc(-n5c6ccccc6c6c7c(ccc65)-c5ccccc5C7(c5cccnc5)c5cccnc5)cc4)cc3)nc3ccccc32)cc1. The molecule has 12 rings (SSSR count). The van der Waals surface area contributed by atoms with Crippen LogP contribution < -0.4 is 0 Å². The van der Waals surface area contributed by atoms with Crippen LogP contribution in [0.4, 0.5) is 0 Å². The number of nitrogens with zero attached hydrogens (tertiary/aromatic N) is 5. The third-order valence-corrected chi connectivity index (χ3v) is 12.2. The molecular weight excluding hydrogens is 719 g/mol. The summed E-state index contributed by atoms with van der Waals surface area (Å²) in [7, 11) is 0. The smallest absolute Gasteiger partial charge is 0.145 e. The number of pyridine rings is 2. The van der Waals surface area contributed by atoms with Gasteiger partial charge < -0.3 is 4.57 Å². The van der Waals surface area contributed by atoms with Crippen LogP contribution in [-0.2, 0) is 5.41 Å². The Morgan fingerprint density at radius 2 is 1.02 bits per heavy atom. The van der Waals surface area contributed by atoms with Gasteiger partial charge in [-0.1, -0.05) is 127 Å². The topological polar surface area (TPSA) is 48.5 Å². The van der Waals surface area contributed by atoms with Crippen molar-refractivity contribution < 1.29 is 0 Å². The molecule has 0 radical (unpaired) electrons. The molecular formula is C54H35N5. The fourth-order valence-corrected chi connectivity index (χ4v) is 9.74. The highest BCUT2D eigenvalue weighted by molar-refractivity contribution is 6.15. The fraction of sp³-hybridized carbons (Fsp3) is 0.0185. The van der Waals surface area contributed by atoms with Crippen LogP contribution >= 0.6 is 0 Å². The number of imidazole rings is 1. The maximum atomic E-state index is 5.08. The van der Waals surface area contributed by atoms with Crippen molar-refractivity contribution in [3.8, 4) is 45.0 Å². The van der Waals surface area contributed by atoms with E-state index in [9.17, 15) is 0 Å². The van der Waals surface area contributed by atoms with Gasteiger partial charge in [0.2, 0.25) is 0 Å². The van der Waals surface area contributed by atoms with E-state index in [0.717, 1.165) is 67.1 Å². The summed E-state index contributed by atoms with van der Waals surface area (Å²) in [5, 5.41) is 2.45. The van der Waals surface area contributed by atoms with Crippen molar-refractivity contribution in [3.05, 3.63) is 235 Å². The summed E-state index contributed by atoms with van der Waals surface area (Å²) in [6.45, 7) is 0. The normalized spacial score (nSPS) is 12.9. The van der Waals surface area contributed by atoms with E-state index in [-0.39, 0.29) is 0 Å². The number of aromatic nitrogens is 5. The zero-order chi connectivity index (χ0) is 38.9.